The fraction of sp³-hybridized carbons (Fsp3) is 0.857. The van der Waals surface area contributed by atoms with Gasteiger partial charge in [-0.15, -0.1) is 0 Å². The first-order valence-corrected chi connectivity index (χ1v) is 5.70. The zero-order valence-corrected chi connectivity index (χ0v) is 9.10. The third-order valence-corrected chi connectivity index (χ3v) is 2.07. The number of carbonyl (C=O) groups is 1. The summed E-state index contributed by atoms with van der Waals surface area (Å²) in [5.74, 6) is -0.671. The van der Waals surface area contributed by atoms with E-state index in [1.165, 1.54) is 0 Å². The molecule has 0 aromatic rings. The second-order valence-corrected chi connectivity index (χ2v) is 5.83. The fourth-order valence-corrected chi connectivity index (χ4v) is 1.13. The quantitative estimate of drug-likeness (QED) is 0.636. The highest BCUT2D eigenvalue weighted by molar-refractivity contribution is 7.89. The molecule has 0 aromatic carbocycles. The average Bonchev–Trinajstić information content (AvgIpc) is 1.79. The third kappa shape index (κ3) is 4.84. The van der Waals surface area contributed by atoms with Crippen LogP contribution in [0.2, 0.25) is 0 Å². The molecule has 3 N–H and O–H groups in total. The molecule has 0 aromatic heterocycles. The first kappa shape index (κ1) is 12.4. The summed E-state index contributed by atoms with van der Waals surface area (Å²) in [4.78, 5) is 11.2. The predicted molar refractivity (Wildman–Crippen MR) is 50.4 cm³/mol. The maximum Gasteiger partial charge on any atom is 0.250 e. The third-order valence-electron chi connectivity index (χ3n) is 1.50. The van der Waals surface area contributed by atoms with Gasteiger partial charge in [-0.1, -0.05) is 20.8 Å². The molecule has 0 aliphatic heterocycles. The Morgan fingerprint density at radius 2 is 1.77 bits per heavy atom. The fourth-order valence-electron chi connectivity index (χ4n) is 0.639. The number of carbonyl (C=O) groups excluding carboxylic acids is 1. The van der Waals surface area contributed by atoms with Crippen LogP contribution in [-0.2, 0) is 14.8 Å². The van der Waals surface area contributed by atoms with E-state index in [4.69, 9.17) is 5.73 Å². The van der Waals surface area contributed by atoms with Crippen molar-refractivity contribution in [1.29, 1.82) is 0 Å². The van der Waals surface area contributed by atoms with Crippen molar-refractivity contribution in [3.63, 3.8) is 0 Å². The molecule has 0 saturated heterocycles. The maximum atomic E-state index is 11.2. The van der Waals surface area contributed by atoms with Gasteiger partial charge in [0.2, 0.25) is 10.0 Å². The van der Waals surface area contributed by atoms with E-state index in [-0.39, 0.29) is 0 Å². The summed E-state index contributed by atoms with van der Waals surface area (Å²) in [5, 5.41) is 0. The minimum atomic E-state index is -3.51. The second kappa shape index (κ2) is 3.63. The van der Waals surface area contributed by atoms with Crippen molar-refractivity contribution in [2.75, 3.05) is 6.26 Å². The van der Waals surface area contributed by atoms with Crippen molar-refractivity contribution < 1.29 is 13.2 Å². The summed E-state index contributed by atoms with van der Waals surface area (Å²) in [5.41, 5.74) is 5.08. The van der Waals surface area contributed by atoms with E-state index < -0.39 is 27.4 Å². The van der Waals surface area contributed by atoms with E-state index in [2.05, 4.69) is 0 Å². The smallest absolute Gasteiger partial charge is 0.250 e. The van der Waals surface area contributed by atoms with Crippen molar-refractivity contribution in [2.45, 2.75) is 26.8 Å². The highest BCUT2D eigenvalue weighted by Crippen LogP contribution is 2.17. The number of hydrogen-bond donors (Lipinski definition) is 2. The lowest BCUT2D eigenvalue weighted by atomic mass is 9.87. The Morgan fingerprint density at radius 3 is 2.00 bits per heavy atom. The van der Waals surface area contributed by atoms with E-state index in [1.54, 1.807) is 20.8 Å². The van der Waals surface area contributed by atoms with E-state index in [0.717, 1.165) is 6.26 Å². The van der Waals surface area contributed by atoms with Gasteiger partial charge in [0.05, 0.1) is 12.3 Å². The molecule has 0 radical (unpaired) electrons. The van der Waals surface area contributed by atoms with Gasteiger partial charge in [-0.2, -0.15) is 0 Å². The molecule has 13 heavy (non-hydrogen) atoms. The zero-order valence-electron chi connectivity index (χ0n) is 8.29. The molecule has 0 fully saturated rings. The number of nitrogens with one attached hydrogen (secondary N) is 1. The minimum Gasteiger partial charge on any atom is -0.319 e. The Labute approximate surface area is 78.7 Å². The lowest BCUT2D eigenvalue weighted by Crippen LogP contribution is -2.49. The lowest BCUT2D eigenvalue weighted by Gasteiger charge is -2.25. The van der Waals surface area contributed by atoms with Crippen molar-refractivity contribution >= 4 is 15.9 Å². The zero-order chi connectivity index (χ0) is 10.9. The van der Waals surface area contributed by atoms with Gasteiger partial charge >= 0.3 is 0 Å². The van der Waals surface area contributed by atoms with E-state index in [1.807, 2.05) is 4.72 Å². The summed E-state index contributed by atoms with van der Waals surface area (Å²) in [6.07, 6.45) is 0.917. The number of hydrogen-bond acceptors (Lipinski definition) is 4. The molecular formula is C7H16N2O3S. The van der Waals surface area contributed by atoms with Crippen LogP contribution in [0.3, 0.4) is 0 Å². The number of nitrogens with two attached hydrogens (primary N) is 1. The van der Waals surface area contributed by atoms with Crippen LogP contribution in [0.25, 0.3) is 0 Å². The molecule has 0 rings (SSSR count). The van der Waals surface area contributed by atoms with Crippen LogP contribution in [0, 0.1) is 5.41 Å². The van der Waals surface area contributed by atoms with Crippen molar-refractivity contribution in [2.24, 2.45) is 11.1 Å². The summed E-state index contributed by atoms with van der Waals surface area (Å²) in [6, 6.07) is -0.831. The average molecular weight is 208 g/mol. The van der Waals surface area contributed by atoms with E-state index in [9.17, 15) is 13.2 Å². The van der Waals surface area contributed by atoms with E-state index >= 15 is 0 Å². The first-order chi connectivity index (χ1) is 5.54. The Balaban J connectivity index is 4.48. The standard InChI is InChI=1S/C7H16N2O3S/c1-7(2,3)5(8)6(10)9-13(4,11)12/h5H,8H2,1-4H3,(H,9,10). The topological polar surface area (TPSA) is 89.3 Å². The number of amides is 1. The van der Waals surface area contributed by atoms with Crippen LogP contribution in [0.5, 0.6) is 0 Å². The molecule has 0 aliphatic rings. The van der Waals surface area contributed by atoms with Crippen molar-refractivity contribution in [1.82, 2.24) is 4.72 Å². The Bertz CT molecular complexity index is 289. The van der Waals surface area contributed by atoms with Crippen LogP contribution < -0.4 is 10.5 Å². The lowest BCUT2D eigenvalue weighted by molar-refractivity contribution is -0.122. The molecule has 6 heteroatoms. The molecule has 5 nitrogen and oxygen atoms in total. The Morgan fingerprint density at radius 1 is 1.38 bits per heavy atom. The first-order valence-electron chi connectivity index (χ1n) is 3.81. The molecule has 0 aliphatic carbocycles. The SMILES string of the molecule is CC(C)(C)C(N)C(=O)NS(C)(=O)=O. The van der Waals surface area contributed by atoms with Gasteiger partial charge < -0.3 is 5.73 Å². The van der Waals surface area contributed by atoms with Crippen LogP contribution in [-0.4, -0.2) is 26.6 Å². The molecule has 0 spiro atoms. The molecule has 0 saturated carbocycles. The second-order valence-electron chi connectivity index (χ2n) is 4.08. The summed E-state index contributed by atoms with van der Waals surface area (Å²) in [7, 11) is -3.51. The van der Waals surface area contributed by atoms with Crippen LogP contribution in [0.15, 0.2) is 0 Å². The Hall–Kier alpha value is -0.620. The molecule has 0 heterocycles. The van der Waals surface area contributed by atoms with Gasteiger partial charge in [-0.25, -0.2) is 8.42 Å². The summed E-state index contributed by atoms with van der Waals surface area (Å²) >= 11 is 0. The molecular weight excluding hydrogens is 192 g/mol. The summed E-state index contributed by atoms with van der Waals surface area (Å²) in [6.45, 7) is 5.29. The van der Waals surface area contributed by atoms with Gasteiger partial charge in [0.25, 0.3) is 5.91 Å². The van der Waals surface area contributed by atoms with Crippen LogP contribution in [0.4, 0.5) is 0 Å². The largest absolute Gasteiger partial charge is 0.319 e. The predicted octanol–water partition coefficient (Wildman–Crippen LogP) is -0.564. The number of rotatable bonds is 2. The molecule has 0 bridgehead atoms. The molecule has 1 atom stereocenters. The Kier molecular flexibility index (Phi) is 3.46. The highest BCUT2D eigenvalue weighted by atomic mass is 32.2. The van der Waals surface area contributed by atoms with E-state index in [0.29, 0.717) is 0 Å². The van der Waals surface area contributed by atoms with Gasteiger partial charge in [0.15, 0.2) is 0 Å². The highest BCUT2D eigenvalue weighted by Gasteiger charge is 2.28. The summed E-state index contributed by atoms with van der Waals surface area (Å²) < 4.78 is 23.2. The van der Waals surface area contributed by atoms with Crippen LogP contribution in [0.1, 0.15) is 20.8 Å². The van der Waals surface area contributed by atoms with Gasteiger partial charge in [0.1, 0.15) is 0 Å². The number of sulfonamides is 1. The normalized spacial score (nSPS) is 15.2. The molecule has 78 valence electrons. The van der Waals surface area contributed by atoms with Gasteiger partial charge in [0, 0.05) is 0 Å². The molecule has 1 unspecified atom stereocenters. The van der Waals surface area contributed by atoms with Gasteiger partial charge in [-0.3, -0.25) is 9.52 Å². The van der Waals surface area contributed by atoms with Crippen LogP contribution >= 0.6 is 0 Å². The maximum absolute atomic E-state index is 11.2. The van der Waals surface area contributed by atoms with Crippen molar-refractivity contribution in [3.8, 4) is 0 Å². The van der Waals surface area contributed by atoms with Gasteiger partial charge in [-0.05, 0) is 5.41 Å². The monoisotopic (exact) mass is 208 g/mol. The molecule has 1 amide bonds. The minimum absolute atomic E-state index is 0.450. The van der Waals surface area contributed by atoms with Crippen molar-refractivity contribution in [3.05, 3.63) is 0 Å².